The maximum atomic E-state index is 11.0. The highest BCUT2D eigenvalue weighted by Crippen LogP contribution is 2.06. The minimum Gasteiger partial charge on any atom is -0.463 e. The van der Waals surface area contributed by atoms with Gasteiger partial charge in [0.15, 0.2) is 0 Å². The highest BCUT2D eigenvalue weighted by molar-refractivity contribution is 5.94. The predicted molar refractivity (Wildman–Crippen MR) is 72.4 cm³/mol. The molecule has 0 radical (unpaired) electrons. The van der Waals surface area contributed by atoms with Crippen molar-refractivity contribution in [2.75, 3.05) is 13.2 Å². The highest BCUT2D eigenvalue weighted by atomic mass is 16.6. The zero-order valence-corrected chi connectivity index (χ0v) is 11.1. The van der Waals surface area contributed by atoms with E-state index in [2.05, 4.69) is 6.58 Å². The van der Waals surface area contributed by atoms with Crippen molar-refractivity contribution in [3.05, 3.63) is 42.0 Å². The Morgan fingerprint density at radius 2 is 1.89 bits per heavy atom. The standard InChI is InChI=1S/C15H18O4/c1-3-13-4-6-14(7-5-13)11-18-8-9-19-15(17)10-12(2)16/h3-7H,1,8-11H2,2H3. The molecule has 0 aliphatic rings. The van der Waals surface area contributed by atoms with Gasteiger partial charge in [-0.05, 0) is 18.1 Å². The summed E-state index contributed by atoms with van der Waals surface area (Å²) in [6.07, 6.45) is 1.60. The summed E-state index contributed by atoms with van der Waals surface area (Å²) in [5, 5.41) is 0. The van der Waals surface area contributed by atoms with Crippen molar-refractivity contribution in [3.8, 4) is 0 Å². The molecule has 0 fully saturated rings. The first-order chi connectivity index (χ1) is 9.11. The van der Waals surface area contributed by atoms with Crippen molar-refractivity contribution < 1.29 is 19.1 Å². The summed E-state index contributed by atoms with van der Waals surface area (Å²) in [5.74, 6) is -0.709. The number of rotatable bonds is 8. The SMILES string of the molecule is C=Cc1ccc(COCCOC(=O)CC(C)=O)cc1. The number of Topliss-reactive ketones (excluding diaryl/α,β-unsaturated/α-hetero) is 1. The molecule has 0 heterocycles. The Hall–Kier alpha value is -1.94. The number of hydrogen-bond acceptors (Lipinski definition) is 4. The van der Waals surface area contributed by atoms with E-state index < -0.39 is 5.97 Å². The van der Waals surface area contributed by atoms with E-state index in [0.717, 1.165) is 11.1 Å². The van der Waals surface area contributed by atoms with Gasteiger partial charge in [0.2, 0.25) is 0 Å². The van der Waals surface area contributed by atoms with Crippen LogP contribution in [0.3, 0.4) is 0 Å². The van der Waals surface area contributed by atoms with Gasteiger partial charge in [-0.25, -0.2) is 0 Å². The lowest BCUT2D eigenvalue weighted by atomic mass is 10.1. The third-order valence-electron chi connectivity index (χ3n) is 2.37. The maximum Gasteiger partial charge on any atom is 0.313 e. The molecule has 0 N–H and O–H groups in total. The van der Waals surface area contributed by atoms with Crippen molar-refractivity contribution in [1.29, 1.82) is 0 Å². The van der Waals surface area contributed by atoms with Gasteiger partial charge in [-0.2, -0.15) is 0 Å². The van der Waals surface area contributed by atoms with E-state index in [1.165, 1.54) is 6.92 Å². The fourth-order valence-corrected chi connectivity index (χ4v) is 1.41. The van der Waals surface area contributed by atoms with E-state index >= 15 is 0 Å². The molecular weight excluding hydrogens is 244 g/mol. The Morgan fingerprint density at radius 1 is 1.21 bits per heavy atom. The fraction of sp³-hybridized carbons (Fsp3) is 0.333. The van der Waals surface area contributed by atoms with Gasteiger partial charge in [-0.3, -0.25) is 9.59 Å². The summed E-state index contributed by atoms with van der Waals surface area (Å²) in [4.78, 5) is 21.7. The lowest BCUT2D eigenvalue weighted by Crippen LogP contribution is -2.13. The van der Waals surface area contributed by atoms with Crippen molar-refractivity contribution in [2.45, 2.75) is 20.0 Å². The molecule has 4 heteroatoms. The van der Waals surface area contributed by atoms with Crippen LogP contribution in [0.5, 0.6) is 0 Å². The molecule has 19 heavy (non-hydrogen) atoms. The third-order valence-corrected chi connectivity index (χ3v) is 2.37. The van der Waals surface area contributed by atoms with E-state index in [4.69, 9.17) is 9.47 Å². The number of carbonyl (C=O) groups excluding carboxylic acids is 2. The Balaban J connectivity index is 2.15. The van der Waals surface area contributed by atoms with E-state index in [-0.39, 0.29) is 18.8 Å². The van der Waals surface area contributed by atoms with Gasteiger partial charge < -0.3 is 9.47 Å². The zero-order chi connectivity index (χ0) is 14.1. The first-order valence-electron chi connectivity index (χ1n) is 6.06. The van der Waals surface area contributed by atoms with Crippen LogP contribution in [0.15, 0.2) is 30.8 Å². The second-order valence-corrected chi connectivity index (χ2v) is 4.10. The molecule has 0 unspecified atom stereocenters. The summed E-state index contributed by atoms with van der Waals surface area (Å²) in [6.45, 7) is 5.97. The van der Waals surface area contributed by atoms with Crippen molar-refractivity contribution in [3.63, 3.8) is 0 Å². The number of carbonyl (C=O) groups is 2. The lowest BCUT2D eigenvalue weighted by molar-refractivity contribution is -0.147. The van der Waals surface area contributed by atoms with Gasteiger partial charge in [-0.15, -0.1) is 0 Å². The van der Waals surface area contributed by atoms with Crippen LogP contribution in [-0.2, 0) is 25.7 Å². The summed E-state index contributed by atoms with van der Waals surface area (Å²) in [6, 6.07) is 7.83. The summed E-state index contributed by atoms with van der Waals surface area (Å²) in [5.41, 5.74) is 2.10. The Morgan fingerprint density at radius 3 is 2.47 bits per heavy atom. The van der Waals surface area contributed by atoms with Crippen LogP contribution < -0.4 is 0 Å². The molecule has 0 aliphatic carbocycles. The van der Waals surface area contributed by atoms with Gasteiger partial charge in [0.05, 0.1) is 13.2 Å². The van der Waals surface area contributed by atoms with Crippen LogP contribution in [0.1, 0.15) is 24.5 Å². The summed E-state index contributed by atoms with van der Waals surface area (Å²) in [7, 11) is 0. The molecule has 0 saturated carbocycles. The molecule has 1 rings (SSSR count). The van der Waals surface area contributed by atoms with Crippen molar-refractivity contribution in [1.82, 2.24) is 0 Å². The molecule has 0 aliphatic heterocycles. The first-order valence-corrected chi connectivity index (χ1v) is 6.06. The average Bonchev–Trinajstić information content (AvgIpc) is 2.38. The van der Waals surface area contributed by atoms with Crippen LogP contribution in [0.4, 0.5) is 0 Å². The van der Waals surface area contributed by atoms with E-state index in [1.54, 1.807) is 6.08 Å². The maximum absolute atomic E-state index is 11.0. The largest absolute Gasteiger partial charge is 0.463 e. The van der Waals surface area contributed by atoms with Crippen LogP contribution in [-0.4, -0.2) is 25.0 Å². The Labute approximate surface area is 113 Å². The Kier molecular flexibility index (Phi) is 6.53. The van der Waals surface area contributed by atoms with E-state index in [0.29, 0.717) is 13.2 Å². The average molecular weight is 262 g/mol. The number of benzene rings is 1. The monoisotopic (exact) mass is 262 g/mol. The van der Waals surface area contributed by atoms with Crippen LogP contribution in [0, 0.1) is 0 Å². The van der Waals surface area contributed by atoms with E-state index in [9.17, 15) is 9.59 Å². The second-order valence-electron chi connectivity index (χ2n) is 4.10. The van der Waals surface area contributed by atoms with Gasteiger partial charge in [0.25, 0.3) is 0 Å². The topological polar surface area (TPSA) is 52.6 Å². The van der Waals surface area contributed by atoms with Gasteiger partial charge >= 0.3 is 5.97 Å². The second kappa shape index (κ2) is 8.21. The molecule has 4 nitrogen and oxygen atoms in total. The molecule has 102 valence electrons. The molecular formula is C15H18O4. The summed E-state index contributed by atoms with van der Waals surface area (Å²) >= 11 is 0. The van der Waals surface area contributed by atoms with Crippen molar-refractivity contribution >= 4 is 17.8 Å². The molecule has 0 aromatic heterocycles. The number of ether oxygens (including phenoxy) is 2. The van der Waals surface area contributed by atoms with Gasteiger partial charge in [0, 0.05) is 0 Å². The molecule has 0 atom stereocenters. The number of ketones is 1. The summed E-state index contributed by atoms with van der Waals surface area (Å²) < 4.78 is 10.2. The lowest BCUT2D eigenvalue weighted by Gasteiger charge is -2.06. The Bertz CT molecular complexity index is 434. The minimum atomic E-state index is -0.508. The van der Waals surface area contributed by atoms with Crippen LogP contribution in [0.2, 0.25) is 0 Å². The molecule has 0 spiro atoms. The zero-order valence-electron chi connectivity index (χ0n) is 11.1. The molecule has 1 aromatic carbocycles. The van der Waals surface area contributed by atoms with Crippen molar-refractivity contribution in [2.24, 2.45) is 0 Å². The van der Waals surface area contributed by atoms with Gasteiger partial charge in [0.1, 0.15) is 18.8 Å². The molecule has 0 bridgehead atoms. The minimum absolute atomic E-state index is 0.164. The number of esters is 1. The number of hydrogen-bond donors (Lipinski definition) is 0. The third kappa shape index (κ3) is 6.52. The molecule has 0 saturated heterocycles. The van der Waals surface area contributed by atoms with Gasteiger partial charge in [-0.1, -0.05) is 36.9 Å². The smallest absolute Gasteiger partial charge is 0.313 e. The fourth-order valence-electron chi connectivity index (χ4n) is 1.41. The molecule has 1 aromatic rings. The quantitative estimate of drug-likeness (QED) is 0.410. The first kappa shape index (κ1) is 15.1. The predicted octanol–water partition coefficient (Wildman–Crippen LogP) is 2.37. The highest BCUT2D eigenvalue weighted by Gasteiger charge is 2.05. The van der Waals surface area contributed by atoms with Crippen LogP contribution in [0.25, 0.3) is 6.08 Å². The van der Waals surface area contributed by atoms with Crippen LogP contribution >= 0.6 is 0 Å². The van der Waals surface area contributed by atoms with E-state index in [1.807, 2.05) is 24.3 Å². The normalized spacial score (nSPS) is 9.95. The molecule has 0 amide bonds.